The lowest BCUT2D eigenvalue weighted by Crippen LogP contribution is -2.57. The Morgan fingerprint density at radius 1 is 1.42 bits per heavy atom. The SMILES string of the molecule is CN(Cc1ccccc1F)C(=O)C1(C)CCCCN1. The molecule has 1 fully saturated rings. The number of carbonyl (C=O) groups is 1. The Bertz CT molecular complexity index is 455. The van der Waals surface area contributed by atoms with E-state index in [1.807, 2.05) is 6.92 Å². The van der Waals surface area contributed by atoms with Gasteiger partial charge in [-0.15, -0.1) is 0 Å². The van der Waals surface area contributed by atoms with E-state index in [0.717, 1.165) is 25.8 Å². The van der Waals surface area contributed by atoms with E-state index in [1.165, 1.54) is 6.07 Å². The Morgan fingerprint density at radius 2 is 2.16 bits per heavy atom. The van der Waals surface area contributed by atoms with Crippen molar-refractivity contribution in [2.45, 2.75) is 38.3 Å². The summed E-state index contributed by atoms with van der Waals surface area (Å²) in [6.45, 7) is 3.12. The molecule has 1 aromatic carbocycles. The second-order valence-electron chi connectivity index (χ2n) is 5.47. The molecule has 1 aromatic rings. The van der Waals surface area contributed by atoms with E-state index in [0.29, 0.717) is 12.1 Å². The molecule has 0 spiro atoms. The fraction of sp³-hybridized carbons (Fsp3) is 0.533. The van der Waals surface area contributed by atoms with Crippen molar-refractivity contribution < 1.29 is 9.18 Å². The zero-order valence-corrected chi connectivity index (χ0v) is 11.6. The lowest BCUT2D eigenvalue weighted by atomic mass is 9.89. The van der Waals surface area contributed by atoms with Gasteiger partial charge < -0.3 is 10.2 Å². The zero-order chi connectivity index (χ0) is 13.9. The van der Waals surface area contributed by atoms with E-state index in [4.69, 9.17) is 0 Å². The van der Waals surface area contributed by atoms with Gasteiger partial charge in [-0.3, -0.25) is 4.79 Å². The second-order valence-corrected chi connectivity index (χ2v) is 5.47. The summed E-state index contributed by atoms with van der Waals surface area (Å²) in [4.78, 5) is 14.1. The first-order valence-electron chi connectivity index (χ1n) is 6.77. The summed E-state index contributed by atoms with van der Waals surface area (Å²) >= 11 is 0. The van der Waals surface area contributed by atoms with Crippen molar-refractivity contribution in [1.29, 1.82) is 0 Å². The molecule has 1 saturated heterocycles. The van der Waals surface area contributed by atoms with Crippen LogP contribution in [0.5, 0.6) is 0 Å². The summed E-state index contributed by atoms with van der Waals surface area (Å²) in [5, 5.41) is 3.29. The van der Waals surface area contributed by atoms with Crippen molar-refractivity contribution >= 4 is 5.91 Å². The van der Waals surface area contributed by atoms with E-state index in [9.17, 15) is 9.18 Å². The second kappa shape index (κ2) is 5.70. The Morgan fingerprint density at radius 3 is 2.79 bits per heavy atom. The normalized spacial score (nSPS) is 23.1. The van der Waals surface area contributed by atoms with Gasteiger partial charge in [0.15, 0.2) is 0 Å². The largest absolute Gasteiger partial charge is 0.340 e. The molecule has 3 nitrogen and oxygen atoms in total. The van der Waals surface area contributed by atoms with Gasteiger partial charge in [0.1, 0.15) is 5.82 Å². The molecule has 1 aliphatic heterocycles. The Balaban J connectivity index is 2.05. The molecule has 1 unspecified atom stereocenters. The number of halogens is 1. The quantitative estimate of drug-likeness (QED) is 0.908. The molecular formula is C15H21FN2O. The van der Waals surface area contributed by atoms with Crippen LogP contribution < -0.4 is 5.32 Å². The maximum atomic E-state index is 13.6. The smallest absolute Gasteiger partial charge is 0.242 e. The van der Waals surface area contributed by atoms with Gasteiger partial charge in [-0.25, -0.2) is 4.39 Å². The number of benzene rings is 1. The molecule has 1 atom stereocenters. The van der Waals surface area contributed by atoms with E-state index >= 15 is 0 Å². The highest BCUT2D eigenvalue weighted by molar-refractivity contribution is 5.85. The first kappa shape index (κ1) is 14.0. The fourth-order valence-corrected chi connectivity index (χ4v) is 2.61. The summed E-state index contributed by atoms with van der Waals surface area (Å²) in [6, 6.07) is 6.59. The third-order valence-electron chi connectivity index (χ3n) is 3.80. The highest BCUT2D eigenvalue weighted by Crippen LogP contribution is 2.22. The third kappa shape index (κ3) is 3.13. The van der Waals surface area contributed by atoms with Gasteiger partial charge in [0.25, 0.3) is 0 Å². The first-order valence-corrected chi connectivity index (χ1v) is 6.77. The fourth-order valence-electron chi connectivity index (χ4n) is 2.61. The van der Waals surface area contributed by atoms with Crippen LogP contribution in [0.3, 0.4) is 0 Å². The van der Waals surface area contributed by atoms with Crippen molar-refractivity contribution in [3.8, 4) is 0 Å². The van der Waals surface area contributed by atoms with Crippen LogP contribution in [0.25, 0.3) is 0 Å². The first-order chi connectivity index (χ1) is 9.03. The van der Waals surface area contributed by atoms with Crippen molar-refractivity contribution in [3.63, 3.8) is 0 Å². The molecule has 0 radical (unpaired) electrons. The molecule has 1 amide bonds. The van der Waals surface area contributed by atoms with E-state index in [-0.39, 0.29) is 11.7 Å². The van der Waals surface area contributed by atoms with Gasteiger partial charge in [0.2, 0.25) is 5.91 Å². The molecule has 0 saturated carbocycles. The molecule has 4 heteroatoms. The summed E-state index contributed by atoms with van der Waals surface area (Å²) in [7, 11) is 1.73. The maximum Gasteiger partial charge on any atom is 0.242 e. The van der Waals surface area contributed by atoms with Gasteiger partial charge in [-0.1, -0.05) is 18.2 Å². The number of nitrogens with zero attached hydrogens (tertiary/aromatic N) is 1. The lowest BCUT2D eigenvalue weighted by Gasteiger charge is -2.36. The summed E-state index contributed by atoms with van der Waals surface area (Å²) in [5.74, 6) is -0.223. The average molecular weight is 264 g/mol. The predicted octanol–water partition coefficient (Wildman–Crippen LogP) is 2.32. The molecule has 1 N–H and O–H groups in total. The minimum atomic E-state index is -0.502. The van der Waals surface area contributed by atoms with E-state index < -0.39 is 5.54 Å². The number of likely N-dealkylation sites (N-methyl/N-ethyl adjacent to an activating group) is 1. The molecule has 0 bridgehead atoms. The van der Waals surface area contributed by atoms with Crippen molar-refractivity contribution in [2.75, 3.05) is 13.6 Å². The van der Waals surface area contributed by atoms with Gasteiger partial charge in [0, 0.05) is 19.2 Å². The molecule has 104 valence electrons. The Labute approximate surface area is 113 Å². The number of nitrogens with one attached hydrogen (secondary N) is 1. The summed E-state index contributed by atoms with van der Waals surface area (Å²) in [5.41, 5.74) is 0.0518. The minimum Gasteiger partial charge on any atom is -0.340 e. The van der Waals surface area contributed by atoms with Crippen LogP contribution in [0.4, 0.5) is 4.39 Å². The standard InChI is InChI=1S/C15H21FN2O/c1-15(9-5-6-10-17-15)14(19)18(2)11-12-7-3-4-8-13(12)16/h3-4,7-8,17H,5-6,9-11H2,1-2H3. The number of hydrogen-bond acceptors (Lipinski definition) is 2. The Hall–Kier alpha value is -1.42. The van der Waals surface area contributed by atoms with E-state index in [2.05, 4.69) is 5.32 Å². The van der Waals surface area contributed by atoms with Crippen LogP contribution in [0.1, 0.15) is 31.7 Å². The van der Waals surface area contributed by atoms with Gasteiger partial charge >= 0.3 is 0 Å². The predicted molar refractivity (Wildman–Crippen MR) is 73.1 cm³/mol. The summed E-state index contributed by atoms with van der Waals surface area (Å²) in [6.07, 6.45) is 3.01. The molecule has 19 heavy (non-hydrogen) atoms. The zero-order valence-electron chi connectivity index (χ0n) is 11.6. The number of amides is 1. The number of hydrogen-bond donors (Lipinski definition) is 1. The van der Waals surface area contributed by atoms with Crippen LogP contribution in [0.2, 0.25) is 0 Å². The van der Waals surface area contributed by atoms with Gasteiger partial charge in [-0.05, 0) is 38.8 Å². The van der Waals surface area contributed by atoms with Gasteiger partial charge in [0.05, 0.1) is 5.54 Å². The third-order valence-corrected chi connectivity index (χ3v) is 3.80. The minimum absolute atomic E-state index is 0.0375. The lowest BCUT2D eigenvalue weighted by molar-refractivity contribution is -0.138. The molecule has 1 heterocycles. The van der Waals surface area contributed by atoms with Gasteiger partial charge in [-0.2, -0.15) is 0 Å². The Kier molecular flexibility index (Phi) is 4.20. The number of carbonyl (C=O) groups excluding carboxylic acids is 1. The maximum absolute atomic E-state index is 13.6. The van der Waals surface area contributed by atoms with Crippen molar-refractivity contribution in [2.24, 2.45) is 0 Å². The molecule has 0 aromatic heterocycles. The monoisotopic (exact) mass is 264 g/mol. The van der Waals surface area contributed by atoms with Crippen LogP contribution in [-0.4, -0.2) is 29.9 Å². The molecule has 2 rings (SSSR count). The van der Waals surface area contributed by atoms with Crippen LogP contribution >= 0.6 is 0 Å². The van der Waals surface area contributed by atoms with E-state index in [1.54, 1.807) is 30.1 Å². The van der Waals surface area contributed by atoms with Crippen LogP contribution in [0.15, 0.2) is 24.3 Å². The number of piperidine rings is 1. The van der Waals surface area contributed by atoms with Crippen LogP contribution in [0, 0.1) is 5.82 Å². The van der Waals surface area contributed by atoms with Crippen molar-refractivity contribution in [1.82, 2.24) is 10.2 Å². The molecule has 0 aliphatic carbocycles. The topological polar surface area (TPSA) is 32.3 Å². The summed E-state index contributed by atoms with van der Waals surface area (Å²) < 4.78 is 13.6. The van der Waals surface area contributed by atoms with Crippen molar-refractivity contribution in [3.05, 3.63) is 35.6 Å². The van der Waals surface area contributed by atoms with Crippen LogP contribution in [-0.2, 0) is 11.3 Å². The molecule has 1 aliphatic rings. The average Bonchev–Trinajstić information content (AvgIpc) is 2.41. The molecular weight excluding hydrogens is 243 g/mol. The highest BCUT2D eigenvalue weighted by atomic mass is 19.1. The highest BCUT2D eigenvalue weighted by Gasteiger charge is 2.36. The number of rotatable bonds is 3.